The van der Waals surface area contributed by atoms with Crippen molar-refractivity contribution in [3.05, 3.63) is 12.7 Å². The number of nitrogen functional groups attached to an aromatic ring is 1. The molecule has 1 saturated heterocycles. The van der Waals surface area contributed by atoms with Crippen LogP contribution in [0.25, 0.3) is 5.95 Å². The fourth-order valence-corrected chi connectivity index (χ4v) is 2.28. The van der Waals surface area contributed by atoms with Gasteiger partial charge in [0.05, 0.1) is 0 Å². The predicted octanol–water partition coefficient (Wildman–Crippen LogP) is -1.12. The normalized spacial score (nSPS) is 21.9. The Morgan fingerprint density at radius 3 is 2.33 bits per heavy atom. The lowest BCUT2D eigenvalue weighted by Gasteiger charge is -2.16. The van der Waals surface area contributed by atoms with Crippen molar-refractivity contribution in [2.45, 2.75) is 12.2 Å². The van der Waals surface area contributed by atoms with Crippen molar-refractivity contribution in [2.24, 2.45) is 0 Å². The van der Waals surface area contributed by atoms with Crippen molar-refractivity contribution in [3.8, 4) is 5.95 Å². The Bertz CT molecular complexity index is 592. The third-order valence-corrected chi connectivity index (χ3v) is 3.36. The molecule has 2 aromatic heterocycles. The molecule has 3 heterocycles. The number of anilines is 2. The molecule has 0 spiro atoms. The molecule has 0 bridgehead atoms. The number of methoxy groups -OCH3 is 2. The van der Waals surface area contributed by atoms with Crippen molar-refractivity contribution < 1.29 is 9.47 Å². The van der Waals surface area contributed by atoms with E-state index in [4.69, 9.17) is 15.2 Å². The van der Waals surface area contributed by atoms with E-state index >= 15 is 0 Å². The van der Waals surface area contributed by atoms with Gasteiger partial charge >= 0.3 is 0 Å². The lowest BCUT2D eigenvalue weighted by atomic mass is 10.3. The van der Waals surface area contributed by atoms with Crippen LogP contribution in [-0.4, -0.2) is 69.2 Å². The minimum atomic E-state index is -0.0391. The average Bonchev–Trinajstić information content (AvgIpc) is 3.15. The maximum atomic E-state index is 5.75. The fourth-order valence-electron chi connectivity index (χ4n) is 2.28. The molecule has 2 N–H and O–H groups in total. The van der Waals surface area contributed by atoms with E-state index in [-0.39, 0.29) is 18.2 Å². The van der Waals surface area contributed by atoms with Gasteiger partial charge in [0.1, 0.15) is 24.9 Å². The topological polar surface area (TPSA) is 117 Å². The molecule has 2 atom stereocenters. The van der Waals surface area contributed by atoms with E-state index in [1.54, 1.807) is 14.2 Å². The molecule has 0 radical (unpaired) electrons. The maximum Gasteiger partial charge on any atom is 0.258 e. The van der Waals surface area contributed by atoms with Gasteiger partial charge in [-0.2, -0.15) is 24.7 Å². The zero-order valence-corrected chi connectivity index (χ0v) is 11.7. The number of nitrogens with two attached hydrogens (primary N) is 1. The number of hydrogen-bond donors (Lipinski definition) is 1. The van der Waals surface area contributed by atoms with Gasteiger partial charge in [0.25, 0.3) is 5.95 Å². The van der Waals surface area contributed by atoms with Crippen molar-refractivity contribution in [1.29, 1.82) is 0 Å². The lowest BCUT2D eigenvalue weighted by Crippen LogP contribution is -2.27. The molecule has 2 aromatic rings. The van der Waals surface area contributed by atoms with E-state index in [0.717, 1.165) is 0 Å². The van der Waals surface area contributed by atoms with E-state index in [9.17, 15) is 0 Å². The van der Waals surface area contributed by atoms with Crippen molar-refractivity contribution in [3.63, 3.8) is 0 Å². The smallest absolute Gasteiger partial charge is 0.258 e. The summed E-state index contributed by atoms with van der Waals surface area (Å²) in [6.07, 6.45) is 2.82. The largest absolute Gasteiger partial charge is 0.377 e. The zero-order chi connectivity index (χ0) is 14.8. The monoisotopic (exact) mass is 292 g/mol. The summed E-state index contributed by atoms with van der Waals surface area (Å²) in [5, 5.41) is 3.99. The summed E-state index contributed by atoms with van der Waals surface area (Å²) in [6, 6.07) is 0. The van der Waals surface area contributed by atoms with Crippen LogP contribution in [0.5, 0.6) is 0 Å². The first kappa shape index (κ1) is 13.6. The van der Waals surface area contributed by atoms with Crippen LogP contribution in [0.15, 0.2) is 12.7 Å². The number of hydrogen-bond acceptors (Lipinski definition) is 9. The summed E-state index contributed by atoms with van der Waals surface area (Å²) in [4.78, 5) is 18.4. The molecule has 0 amide bonds. The summed E-state index contributed by atoms with van der Waals surface area (Å²) < 4.78 is 12.2. The molecular weight excluding hydrogens is 276 g/mol. The van der Waals surface area contributed by atoms with Gasteiger partial charge in [-0.25, -0.2) is 4.98 Å². The molecule has 21 heavy (non-hydrogen) atoms. The Balaban J connectivity index is 1.89. The Labute approximate surface area is 120 Å². The van der Waals surface area contributed by atoms with Crippen LogP contribution in [0, 0.1) is 0 Å². The number of ether oxygens (including phenoxy) is 2. The number of rotatable bonds is 4. The highest BCUT2D eigenvalue weighted by Gasteiger charge is 2.34. The van der Waals surface area contributed by atoms with Gasteiger partial charge in [0, 0.05) is 27.3 Å². The van der Waals surface area contributed by atoms with Crippen LogP contribution in [-0.2, 0) is 9.47 Å². The molecular formula is C11H16N8O2. The van der Waals surface area contributed by atoms with Gasteiger partial charge < -0.3 is 20.1 Å². The minimum Gasteiger partial charge on any atom is -0.377 e. The van der Waals surface area contributed by atoms with Gasteiger partial charge in [-0.1, -0.05) is 0 Å². The van der Waals surface area contributed by atoms with Crippen LogP contribution >= 0.6 is 0 Å². The Kier molecular flexibility index (Phi) is 3.62. The van der Waals surface area contributed by atoms with E-state index < -0.39 is 0 Å². The molecule has 1 fully saturated rings. The second-order valence-corrected chi connectivity index (χ2v) is 4.59. The Morgan fingerprint density at radius 2 is 1.76 bits per heavy atom. The van der Waals surface area contributed by atoms with Crippen molar-refractivity contribution in [1.82, 2.24) is 29.7 Å². The van der Waals surface area contributed by atoms with Gasteiger partial charge in [-0.15, -0.1) is 0 Å². The summed E-state index contributed by atoms with van der Waals surface area (Å²) in [7, 11) is 3.31. The minimum absolute atomic E-state index is 0.0391. The summed E-state index contributed by atoms with van der Waals surface area (Å²) in [6.45, 7) is 1.24. The average molecular weight is 292 g/mol. The third kappa shape index (κ3) is 2.62. The van der Waals surface area contributed by atoms with E-state index in [1.165, 1.54) is 17.3 Å². The summed E-state index contributed by atoms with van der Waals surface area (Å²) >= 11 is 0. The first-order chi connectivity index (χ1) is 10.2. The Hall–Kier alpha value is -2.33. The summed E-state index contributed by atoms with van der Waals surface area (Å²) in [5.74, 6) is 0.916. The molecule has 10 heteroatoms. The third-order valence-electron chi connectivity index (χ3n) is 3.36. The van der Waals surface area contributed by atoms with Gasteiger partial charge in [-0.3, -0.25) is 0 Å². The Morgan fingerprint density at radius 1 is 1.10 bits per heavy atom. The molecule has 0 saturated carbocycles. The second-order valence-electron chi connectivity index (χ2n) is 4.59. The number of nitrogens with zero attached hydrogens (tertiary/aromatic N) is 7. The first-order valence-electron chi connectivity index (χ1n) is 6.38. The first-order valence-corrected chi connectivity index (χ1v) is 6.38. The van der Waals surface area contributed by atoms with Crippen molar-refractivity contribution in [2.75, 3.05) is 37.9 Å². The molecule has 10 nitrogen and oxygen atoms in total. The van der Waals surface area contributed by atoms with Gasteiger partial charge in [0.2, 0.25) is 11.9 Å². The molecule has 2 unspecified atom stereocenters. The highest BCUT2D eigenvalue weighted by atomic mass is 16.5. The van der Waals surface area contributed by atoms with Crippen LogP contribution in [0.1, 0.15) is 0 Å². The number of aromatic nitrogens is 6. The van der Waals surface area contributed by atoms with E-state index in [1.807, 2.05) is 4.90 Å². The van der Waals surface area contributed by atoms with Crippen LogP contribution < -0.4 is 10.6 Å². The van der Waals surface area contributed by atoms with Crippen LogP contribution in [0.3, 0.4) is 0 Å². The van der Waals surface area contributed by atoms with Crippen LogP contribution in [0.2, 0.25) is 0 Å². The van der Waals surface area contributed by atoms with E-state index in [0.29, 0.717) is 25.0 Å². The standard InChI is InChI=1S/C11H16N8O2/c1-20-7-3-18(4-8(7)21-2)10-15-9(12)16-11(17-10)19-6-13-5-14-19/h5-8H,3-4H2,1-2H3,(H2,12,15,16,17). The SMILES string of the molecule is COC1CN(c2nc(N)nc(-n3cncn3)n2)CC1OC. The van der Waals surface area contributed by atoms with E-state index in [2.05, 4.69) is 25.0 Å². The van der Waals surface area contributed by atoms with Crippen molar-refractivity contribution >= 4 is 11.9 Å². The second kappa shape index (κ2) is 5.58. The van der Waals surface area contributed by atoms with Gasteiger partial charge in [-0.05, 0) is 0 Å². The molecule has 3 rings (SSSR count). The van der Waals surface area contributed by atoms with Crippen LogP contribution in [0.4, 0.5) is 11.9 Å². The highest BCUT2D eigenvalue weighted by molar-refractivity contribution is 5.39. The zero-order valence-electron chi connectivity index (χ0n) is 11.7. The summed E-state index contributed by atoms with van der Waals surface area (Å²) in [5.41, 5.74) is 5.75. The quantitative estimate of drug-likeness (QED) is 0.747. The highest BCUT2D eigenvalue weighted by Crippen LogP contribution is 2.21. The molecule has 0 aliphatic carbocycles. The lowest BCUT2D eigenvalue weighted by molar-refractivity contribution is -0.00461. The molecule has 112 valence electrons. The molecule has 0 aromatic carbocycles. The predicted molar refractivity (Wildman–Crippen MR) is 73.0 cm³/mol. The van der Waals surface area contributed by atoms with Gasteiger partial charge in [0.15, 0.2) is 0 Å². The fraction of sp³-hybridized carbons (Fsp3) is 0.545. The maximum absolute atomic E-state index is 5.75. The molecule has 1 aliphatic heterocycles. The molecule has 1 aliphatic rings.